The minimum atomic E-state index is -0.508. The number of benzene rings is 4. The summed E-state index contributed by atoms with van der Waals surface area (Å²) in [4.78, 5) is 29.1. The Labute approximate surface area is 257 Å². The molecule has 0 aliphatic rings. The summed E-state index contributed by atoms with van der Waals surface area (Å²) in [6.07, 6.45) is 1.48. The molecule has 0 saturated heterocycles. The van der Waals surface area contributed by atoms with E-state index in [0.717, 1.165) is 25.4 Å². The molecule has 4 aromatic carbocycles. The molecule has 0 aliphatic carbocycles. The number of hydrogen-bond acceptors (Lipinski definition) is 5. The van der Waals surface area contributed by atoms with Crippen LogP contribution in [0, 0.1) is 0 Å². The number of esters is 1. The summed E-state index contributed by atoms with van der Waals surface area (Å²) in [5.41, 5.74) is 6.12. The molecule has 0 fully saturated rings. The minimum absolute atomic E-state index is 0.272. The van der Waals surface area contributed by atoms with Crippen LogP contribution in [0.2, 0.25) is 5.02 Å². The van der Waals surface area contributed by atoms with Crippen molar-refractivity contribution in [2.24, 2.45) is 5.10 Å². The van der Waals surface area contributed by atoms with E-state index in [1.165, 1.54) is 6.21 Å². The minimum Gasteiger partial charge on any atom is -0.490 e. The Morgan fingerprint density at radius 1 is 0.976 bits per heavy atom. The highest BCUT2D eigenvalue weighted by atomic mass is 79.9. The zero-order valence-electron chi connectivity index (χ0n) is 21.6. The number of carbonyl (C=O) groups is 2. The van der Waals surface area contributed by atoms with Crippen LogP contribution in [0.15, 0.2) is 99.0 Å². The zero-order chi connectivity index (χ0) is 28.9. The van der Waals surface area contributed by atoms with Crippen LogP contribution in [0.4, 0.5) is 0 Å². The number of carbonyl (C=O) groups excluding carboxylic acids is 2. The van der Waals surface area contributed by atoms with E-state index in [-0.39, 0.29) is 5.75 Å². The molecular weight excluding hydrogens is 674 g/mol. The summed E-state index contributed by atoms with van der Waals surface area (Å²) < 4.78 is 12.9. The number of fused-ring (bicyclic) bond motifs is 1. The van der Waals surface area contributed by atoms with Gasteiger partial charge in [0.1, 0.15) is 5.69 Å². The summed E-state index contributed by atoms with van der Waals surface area (Å²) in [5.74, 6) is -0.306. The maximum absolute atomic E-state index is 13.3. The molecule has 0 saturated carbocycles. The number of aromatic nitrogens is 1. The van der Waals surface area contributed by atoms with Gasteiger partial charge in [0.05, 0.1) is 23.9 Å². The Bertz CT molecular complexity index is 1780. The summed E-state index contributed by atoms with van der Waals surface area (Å²) in [6.45, 7) is 2.19. The number of nitrogens with zero attached hydrogens (tertiary/aromatic N) is 1. The highest BCUT2D eigenvalue weighted by Gasteiger charge is 2.21. The molecule has 0 bridgehead atoms. The monoisotopic (exact) mass is 693 g/mol. The molecule has 0 spiro atoms. The van der Waals surface area contributed by atoms with Crippen LogP contribution in [0.5, 0.6) is 11.5 Å². The third-order valence-electron chi connectivity index (χ3n) is 6.08. The third kappa shape index (κ3) is 6.37. The summed E-state index contributed by atoms with van der Waals surface area (Å²) in [7, 11) is 0. The van der Waals surface area contributed by atoms with Crippen molar-refractivity contribution < 1.29 is 19.1 Å². The molecule has 7 nitrogen and oxygen atoms in total. The second-order valence-corrected chi connectivity index (χ2v) is 10.9. The van der Waals surface area contributed by atoms with Gasteiger partial charge in [-0.05, 0) is 83.0 Å². The molecule has 0 aliphatic heterocycles. The van der Waals surface area contributed by atoms with E-state index in [9.17, 15) is 9.59 Å². The van der Waals surface area contributed by atoms with Gasteiger partial charge in [0.15, 0.2) is 11.5 Å². The van der Waals surface area contributed by atoms with E-state index in [1.807, 2.05) is 43.3 Å². The van der Waals surface area contributed by atoms with Crippen molar-refractivity contribution in [3.8, 4) is 22.6 Å². The predicted molar refractivity (Wildman–Crippen MR) is 168 cm³/mol. The number of ether oxygens (including phenoxy) is 2. The Kier molecular flexibility index (Phi) is 8.87. The maximum atomic E-state index is 13.3. The number of H-pyrrole nitrogens is 1. The van der Waals surface area contributed by atoms with E-state index in [0.29, 0.717) is 39.8 Å². The normalized spacial score (nSPS) is 11.1. The van der Waals surface area contributed by atoms with Crippen LogP contribution >= 0.6 is 43.5 Å². The SMILES string of the molecule is CCOc1cc(C=NNC(=O)c2[nH]c3c(Br)cccc3c2-c2ccccc2Cl)ccc1OC(=O)c1ccc(Br)cc1. The Morgan fingerprint density at radius 3 is 2.51 bits per heavy atom. The number of rotatable bonds is 8. The maximum Gasteiger partial charge on any atom is 0.343 e. The van der Waals surface area contributed by atoms with Gasteiger partial charge < -0.3 is 14.5 Å². The molecule has 1 heterocycles. The van der Waals surface area contributed by atoms with Gasteiger partial charge in [-0.2, -0.15) is 5.10 Å². The lowest BCUT2D eigenvalue weighted by Gasteiger charge is -2.11. The molecule has 41 heavy (non-hydrogen) atoms. The first-order valence-corrected chi connectivity index (χ1v) is 14.4. The van der Waals surface area contributed by atoms with Gasteiger partial charge in [0.25, 0.3) is 5.91 Å². The summed E-state index contributed by atoms with van der Waals surface area (Å²) >= 11 is 13.4. The van der Waals surface area contributed by atoms with Gasteiger partial charge in [-0.25, -0.2) is 10.2 Å². The van der Waals surface area contributed by atoms with Crippen LogP contribution in [0.3, 0.4) is 0 Å². The summed E-state index contributed by atoms with van der Waals surface area (Å²) in [6, 6.07) is 24.9. The highest BCUT2D eigenvalue weighted by molar-refractivity contribution is 9.11. The van der Waals surface area contributed by atoms with Crippen molar-refractivity contribution in [3.05, 3.63) is 116 Å². The highest BCUT2D eigenvalue weighted by Crippen LogP contribution is 2.38. The Hall–Kier alpha value is -3.92. The van der Waals surface area contributed by atoms with Crippen LogP contribution < -0.4 is 14.9 Å². The van der Waals surface area contributed by atoms with Crippen LogP contribution in [-0.4, -0.2) is 29.7 Å². The van der Waals surface area contributed by atoms with Crippen molar-refractivity contribution >= 4 is 72.5 Å². The Morgan fingerprint density at radius 2 is 1.76 bits per heavy atom. The number of aromatic amines is 1. The molecule has 0 unspecified atom stereocenters. The van der Waals surface area contributed by atoms with Crippen molar-refractivity contribution in [2.45, 2.75) is 6.92 Å². The fraction of sp³-hybridized carbons (Fsp3) is 0.0645. The molecule has 0 atom stereocenters. The third-order valence-corrected chi connectivity index (χ3v) is 7.60. The van der Waals surface area contributed by atoms with E-state index in [1.54, 1.807) is 48.5 Å². The summed E-state index contributed by atoms with van der Waals surface area (Å²) in [5, 5.41) is 5.53. The van der Waals surface area contributed by atoms with Crippen molar-refractivity contribution in [3.63, 3.8) is 0 Å². The number of nitrogens with one attached hydrogen (secondary N) is 2. The fourth-order valence-electron chi connectivity index (χ4n) is 4.22. The van der Waals surface area contributed by atoms with Gasteiger partial charge in [0.2, 0.25) is 0 Å². The molecule has 5 aromatic rings. The zero-order valence-corrected chi connectivity index (χ0v) is 25.5. The smallest absolute Gasteiger partial charge is 0.343 e. The molecule has 2 N–H and O–H groups in total. The lowest BCUT2D eigenvalue weighted by molar-refractivity contribution is 0.0728. The molecule has 10 heteroatoms. The average molecular weight is 696 g/mol. The fourth-order valence-corrected chi connectivity index (χ4v) is 5.18. The number of halogens is 3. The van der Waals surface area contributed by atoms with Gasteiger partial charge >= 0.3 is 5.97 Å². The molecule has 5 rings (SSSR count). The largest absolute Gasteiger partial charge is 0.490 e. The predicted octanol–water partition coefficient (Wildman–Crippen LogP) is 8.40. The first kappa shape index (κ1) is 28.6. The standard InChI is InChI=1S/C31H22Br2ClN3O4/c1-2-40-26-16-18(10-15-25(26)41-31(39)19-11-13-20(32)14-12-19)17-35-37-30(38)29-27(21-6-3-4-9-24(21)34)22-7-5-8-23(33)28(22)36-29/h3-17,36H,2H2,1H3,(H,37,38). The van der Waals surface area contributed by atoms with Gasteiger partial charge in [0, 0.05) is 30.5 Å². The second kappa shape index (κ2) is 12.7. The topological polar surface area (TPSA) is 92.8 Å². The number of hydrazone groups is 1. The van der Waals surface area contributed by atoms with E-state index < -0.39 is 11.9 Å². The number of para-hydroxylation sites is 1. The van der Waals surface area contributed by atoms with Gasteiger partial charge in [-0.1, -0.05) is 57.9 Å². The first-order valence-electron chi connectivity index (χ1n) is 12.5. The molecule has 0 radical (unpaired) electrons. The average Bonchev–Trinajstić information content (AvgIpc) is 3.36. The van der Waals surface area contributed by atoms with Gasteiger partial charge in [-0.3, -0.25) is 4.79 Å². The lowest BCUT2D eigenvalue weighted by Crippen LogP contribution is -2.19. The van der Waals surface area contributed by atoms with Crippen molar-refractivity contribution in [1.82, 2.24) is 10.4 Å². The van der Waals surface area contributed by atoms with Crippen LogP contribution in [-0.2, 0) is 0 Å². The second-order valence-electron chi connectivity index (χ2n) is 8.75. The number of amides is 1. The van der Waals surface area contributed by atoms with Gasteiger partial charge in [-0.15, -0.1) is 0 Å². The Balaban J connectivity index is 1.38. The molecule has 1 aromatic heterocycles. The molecular formula is C31H22Br2ClN3O4. The quantitative estimate of drug-likeness (QED) is 0.0739. The van der Waals surface area contributed by atoms with Crippen LogP contribution in [0.1, 0.15) is 33.3 Å². The van der Waals surface area contributed by atoms with E-state index >= 15 is 0 Å². The molecule has 206 valence electrons. The van der Waals surface area contributed by atoms with Crippen LogP contribution in [0.25, 0.3) is 22.0 Å². The van der Waals surface area contributed by atoms with Crippen molar-refractivity contribution in [1.29, 1.82) is 0 Å². The van der Waals surface area contributed by atoms with Crippen molar-refractivity contribution in [2.75, 3.05) is 6.61 Å². The first-order chi connectivity index (χ1) is 19.9. The lowest BCUT2D eigenvalue weighted by atomic mass is 10.0. The van der Waals surface area contributed by atoms with E-state index in [2.05, 4.69) is 47.4 Å². The molecule has 1 amide bonds. The number of hydrogen-bond donors (Lipinski definition) is 2. The van der Waals surface area contributed by atoms with E-state index in [4.69, 9.17) is 21.1 Å².